The molecule has 6 nitrogen and oxygen atoms in total. The van der Waals surface area contributed by atoms with Crippen LogP contribution in [0.25, 0.3) is 0 Å². The van der Waals surface area contributed by atoms with Crippen molar-refractivity contribution in [2.24, 2.45) is 0 Å². The van der Waals surface area contributed by atoms with Gasteiger partial charge in [-0.3, -0.25) is 9.48 Å². The largest absolute Gasteiger partial charge is 0.481 e. The first kappa shape index (κ1) is 10.2. The maximum absolute atomic E-state index is 10.2. The molecule has 0 saturated heterocycles. The van der Waals surface area contributed by atoms with E-state index in [4.69, 9.17) is 10.4 Å². The molecule has 14 heavy (non-hydrogen) atoms. The number of nitriles is 1. The fourth-order valence-corrected chi connectivity index (χ4v) is 1.00. The summed E-state index contributed by atoms with van der Waals surface area (Å²) in [6, 6.07) is 1.82. The molecular weight excluding hydrogens is 184 g/mol. The molecule has 0 unspecified atom stereocenters. The molecule has 1 aromatic rings. The third-order valence-corrected chi connectivity index (χ3v) is 1.66. The van der Waals surface area contributed by atoms with Crippen LogP contribution < -0.4 is 0 Å². The number of aromatic nitrogens is 3. The lowest BCUT2D eigenvalue weighted by molar-refractivity contribution is -0.137. The molecule has 6 heteroatoms. The molecule has 0 aliphatic heterocycles. The summed E-state index contributed by atoms with van der Waals surface area (Å²) in [7, 11) is 0. The number of carboxylic acid groups (broad SMARTS) is 1. The molecule has 0 fully saturated rings. The molecule has 0 amide bonds. The van der Waals surface area contributed by atoms with Gasteiger partial charge in [-0.1, -0.05) is 0 Å². The summed E-state index contributed by atoms with van der Waals surface area (Å²) < 4.78 is 1.54. The fourth-order valence-electron chi connectivity index (χ4n) is 1.00. The van der Waals surface area contributed by atoms with Crippen LogP contribution in [-0.4, -0.2) is 25.8 Å². The molecule has 1 aromatic heterocycles. The first-order valence-corrected chi connectivity index (χ1v) is 4.23. The monoisotopic (exact) mass is 194 g/mol. The first-order valence-electron chi connectivity index (χ1n) is 4.23. The molecule has 1 heterocycles. The Morgan fingerprint density at radius 2 is 2.43 bits per heavy atom. The number of hydrogen-bond acceptors (Lipinski definition) is 4. The standard InChI is InChI=1S/C8H10N4O2/c9-5-7-10-6-12(11-7)4-2-1-3-8(13)14/h6H,1-4H2,(H,13,14). The number of rotatable bonds is 5. The van der Waals surface area contributed by atoms with E-state index in [0.29, 0.717) is 13.0 Å². The van der Waals surface area contributed by atoms with Crippen molar-refractivity contribution in [2.75, 3.05) is 0 Å². The average molecular weight is 194 g/mol. The zero-order valence-corrected chi connectivity index (χ0v) is 7.55. The van der Waals surface area contributed by atoms with Gasteiger partial charge in [-0.15, -0.1) is 5.10 Å². The molecular formula is C8H10N4O2. The van der Waals surface area contributed by atoms with Crippen molar-refractivity contribution in [1.82, 2.24) is 14.8 Å². The van der Waals surface area contributed by atoms with Gasteiger partial charge in [0.05, 0.1) is 0 Å². The summed E-state index contributed by atoms with van der Waals surface area (Å²) in [5.41, 5.74) is 0. The van der Waals surface area contributed by atoms with Crippen molar-refractivity contribution >= 4 is 5.97 Å². The summed E-state index contributed by atoms with van der Waals surface area (Å²) in [6.07, 6.45) is 2.97. The minimum absolute atomic E-state index is 0.142. The minimum Gasteiger partial charge on any atom is -0.481 e. The zero-order valence-electron chi connectivity index (χ0n) is 7.55. The van der Waals surface area contributed by atoms with Gasteiger partial charge in [-0.2, -0.15) is 5.26 Å². The van der Waals surface area contributed by atoms with E-state index in [0.717, 1.165) is 6.42 Å². The minimum atomic E-state index is -0.790. The quantitative estimate of drug-likeness (QED) is 0.685. The Morgan fingerprint density at radius 3 is 3.00 bits per heavy atom. The number of unbranched alkanes of at least 4 members (excludes halogenated alkanes) is 1. The Hall–Kier alpha value is -1.90. The molecule has 74 valence electrons. The number of aryl methyl sites for hydroxylation is 1. The van der Waals surface area contributed by atoms with Gasteiger partial charge in [-0.25, -0.2) is 4.98 Å². The van der Waals surface area contributed by atoms with Gasteiger partial charge >= 0.3 is 5.97 Å². The fraction of sp³-hybridized carbons (Fsp3) is 0.500. The summed E-state index contributed by atoms with van der Waals surface area (Å²) in [6.45, 7) is 0.599. The third-order valence-electron chi connectivity index (χ3n) is 1.66. The van der Waals surface area contributed by atoms with Crippen LogP contribution in [0.15, 0.2) is 6.33 Å². The van der Waals surface area contributed by atoms with E-state index in [2.05, 4.69) is 10.1 Å². The van der Waals surface area contributed by atoms with E-state index < -0.39 is 5.97 Å². The molecule has 1 N–H and O–H groups in total. The lowest BCUT2D eigenvalue weighted by atomic mass is 10.2. The number of hydrogen-bond donors (Lipinski definition) is 1. The molecule has 0 radical (unpaired) electrons. The van der Waals surface area contributed by atoms with Crippen LogP contribution in [0.2, 0.25) is 0 Å². The van der Waals surface area contributed by atoms with E-state index in [1.165, 1.54) is 6.33 Å². The van der Waals surface area contributed by atoms with E-state index in [9.17, 15) is 4.79 Å². The second kappa shape index (κ2) is 4.97. The lowest BCUT2D eigenvalue weighted by Crippen LogP contribution is -2.01. The highest BCUT2D eigenvalue weighted by Gasteiger charge is 2.00. The molecule has 1 rings (SSSR count). The van der Waals surface area contributed by atoms with Crippen molar-refractivity contribution in [3.8, 4) is 6.07 Å². The highest BCUT2D eigenvalue weighted by atomic mass is 16.4. The Morgan fingerprint density at radius 1 is 1.64 bits per heavy atom. The van der Waals surface area contributed by atoms with Crippen LogP contribution in [0.4, 0.5) is 0 Å². The summed E-state index contributed by atoms with van der Waals surface area (Å²) in [4.78, 5) is 13.9. The second-order valence-corrected chi connectivity index (χ2v) is 2.79. The second-order valence-electron chi connectivity index (χ2n) is 2.79. The van der Waals surface area contributed by atoms with Gasteiger partial charge in [0.25, 0.3) is 5.82 Å². The Labute approximate surface area is 80.8 Å². The summed E-state index contributed by atoms with van der Waals surface area (Å²) in [5.74, 6) is -0.649. The topological polar surface area (TPSA) is 91.8 Å². The number of carboxylic acids is 1. The Balaban J connectivity index is 2.25. The van der Waals surface area contributed by atoms with Crippen molar-refractivity contribution in [2.45, 2.75) is 25.8 Å². The van der Waals surface area contributed by atoms with Crippen molar-refractivity contribution in [1.29, 1.82) is 5.26 Å². The normalized spacial score (nSPS) is 9.64. The molecule has 0 aromatic carbocycles. The summed E-state index contributed by atoms with van der Waals surface area (Å²) >= 11 is 0. The predicted molar refractivity (Wildman–Crippen MR) is 46.2 cm³/mol. The zero-order chi connectivity index (χ0) is 10.4. The molecule has 0 aliphatic carbocycles. The van der Waals surface area contributed by atoms with Crippen LogP contribution in [0.3, 0.4) is 0 Å². The molecule has 0 aliphatic rings. The van der Waals surface area contributed by atoms with Crippen molar-refractivity contribution < 1.29 is 9.90 Å². The van der Waals surface area contributed by atoms with Crippen molar-refractivity contribution in [3.63, 3.8) is 0 Å². The Bertz CT molecular complexity index is 352. The lowest BCUT2D eigenvalue weighted by Gasteiger charge is -1.97. The maximum Gasteiger partial charge on any atom is 0.303 e. The van der Waals surface area contributed by atoms with Gasteiger partial charge in [0.1, 0.15) is 12.4 Å². The van der Waals surface area contributed by atoms with Crippen LogP contribution in [0, 0.1) is 11.3 Å². The van der Waals surface area contributed by atoms with E-state index in [-0.39, 0.29) is 12.2 Å². The predicted octanol–water partition coefficient (Wildman–Crippen LogP) is 0.405. The Kier molecular flexibility index (Phi) is 3.61. The highest BCUT2D eigenvalue weighted by Crippen LogP contribution is 1.98. The van der Waals surface area contributed by atoms with Gasteiger partial charge in [-0.05, 0) is 12.8 Å². The number of carbonyl (C=O) groups is 1. The van der Waals surface area contributed by atoms with Crippen LogP contribution >= 0.6 is 0 Å². The molecule has 0 bridgehead atoms. The van der Waals surface area contributed by atoms with Crippen LogP contribution in [0.5, 0.6) is 0 Å². The molecule has 0 atom stereocenters. The van der Waals surface area contributed by atoms with Gasteiger partial charge in [0.2, 0.25) is 0 Å². The summed E-state index contributed by atoms with van der Waals surface area (Å²) in [5, 5.41) is 20.6. The molecule has 0 spiro atoms. The van der Waals surface area contributed by atoms with E-state index in [1.807, 2.05) is 6.07 Å². The first-order chi connectivity index (χ1) is 6.72. The third kappa shape index (κ3) is 3.23. The highest BCUT2D eigenvalue weighted by molar-refractivity contribution is 5.66. The van der Waals surface area contributed by atoms with Gasteiger partial charge in [0, 0.05) is 13.0 Å². The smallest absolute Gasteiger partial charge is 0.303 e. The molecule has 0 saturated carbocycles. The van der Waals surface area contributed by atoms with Crippen LogP contribution in [0.1, 0.15) is 25.1 Å². The number of aliphatic carboxylic acids is 1. The SMILES string of the molecule is N#Cc1ncn(CCCCC(=O)O)n1. The van der Waals surface area contributed by atoms with E-state index in [1.54, 1.807) is 4.68 Å². The van der Waals surface area contributed by atoms with Crippen molar-refractivity contribution in [3.05, 3.63) is 12.2 Å². The van der Waals surface area contributed by atoms with Gasteiger partial charge in [0.15, 0.2) is 0 Å². The average Bonchev–Trinajstić information content (AvgIpc) is 2.60. The van der Waals surface area contributed by atoms with E-state index >= 15 is 0 Å². The number of nitrogens with zero attached hydrogens (tertiary/aromatic N) is 4. The van der Waals surface area contributed by atoms with Gasteiger partial charge < -0.3 is 5.11 Å². The van der Waals surface area contributed by atoms with Crippen LogP contribution in [-0.2, 0) is 11.3 Å². The maximum atomic E-state index is 10.2.